The summed E-state index contributed by atoms with van der Waals surface area (Å²) in [5.74, 6) is 0.941. The molecule has 106 valence electrons. The summed E-state index contributed by atoms with van der Waals surface area (Å²) in [6, 6.07) is 9.09. The minimum Gasteiger partial charge on any atom is -0.329 e. The highest BCUT2D eigenvalue weighted by atomic mass is 15.2. The summed E-state index contributed by atoms with van der Waals surface area (Å²) in [5.41, 5.74) is 8.84. The van der Waals surface area contributed by atoms with Crippen molar-refractivity contribution in [1.82, 2.24) is 4.90 Å². The summed E-state index contributed by atoms with van der Waals surface area (Å²) >= 11 is 0. The van der Waals surface area contributed by atoms with Crippen LogP contribution in [-0.2, 0) is 0 Å². The highest BCUT2D eigenvalue weighted by Gasteiger charge is 2.25. The van der Waals surface area contributed by atoms with Crippen LogP contribution >= 0.6 is 0 Å². The van der Waals surface area contributed by atoms with E-state index in [2.05, 4.69) is 43.0 Å². The Morgan fingerprint density at radius 3 is 2.53 bits per heavy atom. The maximum Gasteiger partial charge on any atom is 0.0473 e. The van der Waals surface area contributed by atoms with Crippen LogP contribution in [0.3, 0.4) is 0 Å². The van der Waals surface area contributed by atoms with E-state index in [0.717, 1.165) is 12.5 Å². The first-order valence-electron chi connectivity index (χ1n) is 7.76. The molecule has 1 aromatic carbocycles. The first-order chi connectivity index (χ1) is 9.26. The second-order valence-corrected chi connectivity index (χ2v) is 5.88. The molecular weight excluding hydrogens is 232 g/mol. The lowest BCUT2D eigenvalue weighted by Crippen LogP contribution is -2.40. The minimum absolute atomic E-state index is 0.406. The maximum atomic E-state index is 6.06. The Morgan fingerprint density at radius 1 is 1.26 bits per heavy atom. The lowest BCUT2D eigenvalue weighted by Gasteiger charge is -2.38. The molecule has 0 amide bonds. The third-order valence-corrected chi connectivity index (χ3v) is 4.56. The zero-order valence-corrected chi connectivity index (χ0v) is 12.4. The van der Waals surface area contributed by atoms with Gasteiger partial charge in [-0.3, -0.25) is 4.90 Å². The SMILES string of the molecule is CCCC1CCN(C(CN)c2ccccc2C)CC1. The molecule has 0 bridgehead atoms. The molecular formula is C17H28N2. The van der Waals surface area contributed by atoms with Gasteiger partial charge in [-0.25, -0.2) is 0 Å². The van der Waals surface area contributed by atoms with Crippen LogP contribution in [-0.4, -0.2) is 24.5 Å². The number of hydrogen-bond acceptors (Lipinski definition) is 2. The van der Waals surface area contributed by atoms with E-state index in [1.165, 1.54) is 49.9 Å². The molecule has 1 atom stereocenters. The van der Waals surface area contributed by atoms with Gasteiger partial charge in [0.25, 0.3) is 0 Å². The zero-order chi connectivity index (χ0) is 13.7. The number of rotatable bonds is 5. The third kappa shape index (κ3) is 3.58. The standard InChI is InChI=1S/C17H28N2/c1-3-6-15-9-11-19(12-10-15)17(13-18)16-8-5-4-7-14(16)2/h4-5,7-8,15,17H,3,6,9-13,18H2,1-2H3. The fourth-order valence-corrected chi connectivity index (χ4v) is 3.39. The quantitative estimate of drug-likeness (QED) is 0.878. The van der Waals surface area contributed by atoms with E-state index < -0.39 is 0 Å². The van der Waals surface area contributed by atoms with Gasteiger partial charge in [-0.05, 0) is 49.9 Å². The van der Waals surface area contributed by atoms with Gasteiger partial charge in [-0.2, -0.15) is 0 Å². The lowest BCUT2D eigenvalue weighted by atomic mass is 9.90. The van der Waals surface area contributed by atoms with Crippen molar-refractivity contribution in [2.45, 2.75) is 45.6 Å². The molecule has 1 unspecified atom stereocenters. The number of aryl methyl sites for hydroxylation is 1. The predicted molar refractivity (Wildman–Crippen MR) is 82.2 cm³/mol. The van der Waals surface area contributed by atoms with Crippen molar-refractivity contribution in [1.29, 1.82) is 0 Å². The van der Waals surface area contributed by atoms with Crippen LogP contribution in [0.15, 0.2) is 24.3 Å². The topological polar surface area (TPSA) is 29.3 Å². The summed E-state index contributed by atoms with van der Waals surface area (Å²) in [6.45, 7) is 7.63. The molecule has 1 aromatic rings. The van der Waals surface area contributed by atoms with Gasteiger partial charge in [0.2, 0.25) is 0 Å². The molecule has 2 nitrogen and oxygen atoms in total. The van der Waals surface area contributed by atoms with Crippen LogP contribution in [0.2, 0.25) is 0 Å². The summed E-state index contributed by atoms with van der Waals surface area (Å²) in [6.07, 6.45) is 5.40. The van der Waals surface area contributed by atoms with Crippen LogP contribution < -0.4 is 5.73 Å². The van der Waals surface area contributed by atoms with Gasteiger partial charge in [0, 0.05) is 12.6 Å². The van der Waals surface area contributed by atoms with Gasteiger partial charge < -0.3 is 5.73 Å². The van der Waals surface area contributed by atoms with Crippen molar-refractivity contribution in [3.05, 3.63) is 35.4 Å². The van der Waals surface area contributed by atoms with Crippen LogP contribution in [0.5, 0.6) is 0 Å². The van der Waals surface area contributed by atoms with Gasteiger partial charge in [-0.1, -0.05) is 44.0 Å². The Bertz CT molecular complexity index is 381. The Morgan fingerprint density at radius 2 is 1.95 bits per heavy atom. The van der Waals surface area contributed by atoms with Crippen LogP contribution in [0.25, 0.3) is 0 Å². The maximum absolute atomic E-state index is 6.06. The second kappa shape index (κ2) is 7.06. The molecule has 1 aliphatic heterocycles. The van der Waals surface area contributed by atoms with Crippen LogP contribution in [0.4, 0.5) is 0 Å². The fraction of sp³-hybridized carbons (Fsp3) is 0.647. The minimum atomic E-state index is 0.406. The molecule has 0 radical (unpaired) electrons. The van der Waals surface area contributed by atoms with Crippen molar-refractivity contribution >= 4 is 0 Å². The zero-order valence-electron chi connectivity index (χ0n) is 12.4. The highest BCUT2D eigenvalue weighted by molar-refractivity contribution is 5.29. The Hall–Kier alpha value is -0.860. The Balaban J connectivity index is 2.02. The summed E-state index contributed by atoms with van der Waals surface area (Å²) in [5, 5.41) is 0. The first-order valence-corrected chi connectivity index (χ1v) is 7.76. The number of nitrogens with two attached hydrogens (primary N) is 1. The van der Waals surface area contributed by atoms with E-state index >= 15 is 0 Å². The van der Waals surface area contributed by atoms with Gasteiger partial charge >= 0.3 is 0 Å². The summed E-state index contributed by atoms with van der Waals surface area (Å²) in [7, 11) is 0. The molecule has 19 heavy (non-hydrogen) atoms. The molecule has 1 saturated heterocycles. The van der Waals surface area contributed by atoms with E-state index in [-0.39, 0.29) is 0 Å². The summed E-state index contributed by atoms with van der Waals surface area (Å²) < 4.78 is 0. The van der Waals surface area contributed by atoms with Crippen molar-refractivity contribution in [2.75, 3.05) is 19.6 Å². The lowest BCUT2D eigenvalue weighted by molar-refractivity contribution is 0.131. The first kappa shape index (κ1) is 14.5. The number of hydrogen-bond donors (Lipinski definition) is 1. The van der Waals surface area contributed by atoms with Crippen molar-refractivity contribution < 1.29 is 0 Å². The normalized spacial score (nSPS) is 19.5. The predicted octanol–water partition coefficient (Wildman–Crippen LogP) is 3.51. The molecule has 0 aromatic heterocycles. The fourth-order valence-electron chi connectivity index (χ4n) is 3.39. The van der Waals surface area contributed by atoms with Gasteiger partial charge in [0.1, 0.15) is 0 Å². The average Bonchev–Trinajstić information content (AvgIpc) is 2.44. The second-order valence-electron chi connectivity index (χ2n) is 5.88. The van der Waals surface area contributed by atoms with E-state index in [9.17, 15) is 0 Å². The van der Waals surface area contributed by atoms with Crippen LogP contribution in [0.1, 0.15) is 49.8 Å². The van der Waals surface area contributed by atoms with Gasteiger partial charge in [-0.15, -0.1) is 0 Å². The Labute approximate surface area is 118 Å². The highest BCUT2D eigenvalue weighted by Crippen LogP contribution is 2.29. The summed E-state index contributed by atoms with van der Waals surface area (Å²) in [4.78, 5) is 2.59. The third-order valence-electron chi connectivity index (χ3n) is 4.56. The molecule has 2 heteroatoms. The van der Waals surface area contributed by atoms with Crippen molar-refractivity contribution in [3.63, 3.8) is 0 Å². The number of likely N-dealkylation sites (tertiary alicyclic amines) is 1. The Kier molecular flexibility index (Phi) is 5.41. The van der Waals surface area contributed by atoms with Crippen molar-refractivity contribution in [2.24, 2.45) is 11.7 Å². The van der Waals surface area contributed by atoms with Crippen LogP contribution in [0, 0.1) is 12.8 Å². The molecule has 0 spiro atoms. The number of piperidine rings is 1. The number of benzene rings is 1. The molecule has 0 saturated carbocycles. The van der Waals surface area contributed by atoms with E-state index in [1.54, 1.807) is 0 Å². The molecule has 1 aliphatic rings. The molecule has 2 N–H and O–H groups in total. The van der Waals surface area contributed by atoms with Crippen molar-refractivity contribution in [3.8, 4) is 0 Å². The van der Waals surface area contributed by atoms with E-state index in [4.69, 9.17) is 5.73 Å². The van der Waals surface area contributed by atoms with Gasteiger partial charge in [0.05, 0.1) is 0 Å². The molecule has 0 aliphatic carbocycles. The largest absolute Gasteiger partial charge is 0.329 e. The monoisotopic (exact) mass is 260 g/mol. The van der Waals surface area contributed by atoms with E-state index in [1.807, 2.05) is 0 Å². The average molecular weight is 260 g/mol. The van der Waals surface area contributed by atoms with Gasteiger partial charge in [0.15, 0.2) is 0 Å². The molecule has 2 rings (SSSR count). The smallest absolute Gasteiger partial charge is 0.0473 e. The molecule has 1 heterocycles. The van der Waals surface area contributed by atoms with E-state index in [0.29, 0.717) is 6.04 Å². The molecule has 1 fully saturated rings. The number of nitrogens with zero attached hydrogens (tertiary/aromatic N) is 1.